The summed E-state index contributed by atoms with van der Waals surface area (Å²) in [5.74, 6) is -0.545. The zero-order valence-electron chi connectivity index (χ0n) is 16.8. The van der Waals surface area contributed by atoms with Gasteiger partial charge < -0.3 is 14.8 Å². The van der Waals surface area contributed by atoms with E-state index in [0.717, 1.165) is 6.07 Å². The van der Waals surface area contributed by atoms with Gasteiger partial charge in [-0.3, -0.25) is 24.4 Å². The number of hydrogen-bond acceptors (Lipinski definition) is 6. The number of nitrogens with one attached hydrogen (secondary N) is 1. The summed E-state index contributed by atoms with van der Waals surface area (Å²) in [6, 6.07) is 11.2. The molecule has 0 fully saturated rings. The second-order valence-electron chi connectivity index (χ2n) is 6.37. The van der Waals surface area contributed by atoms with Crippen molar-refractivity contribution in [2.45, 2.75) is 6.92 Å². The summed E-state index contributed by atoms with van der Waals surface area (Å²) >= 11 is 0. The lowest BCUT2D eigenvalue weighted by Crippen LogP contribution is -2.23. The van der Waals surface area contributed by atoms with Gasteiger partial charge in [-0.15, -0.1) is 0 Å². The van der Waals surface area contributed by atoms with E-state index in [0.29, 0.717) is 11.4 Å². The fourth-order valence-corrected chi connectivity index (χ4v) is 3.09. The molecule has 0 bridgehead atoms. The summed E-state index contributed by atoms with van der Waals surface area (Å²) in [4.78, 5) is 36.7. The fraction of sp³-hybridized carbons (Fsp3) is 0.200. The first-order valence-corrected chi connectivity index (χ1v) is 8.86. The average molecular weight is 412 g/mol. The Morgan fingerprint density at radius 2 is 1.70 bits per heavy atom. The minimum absolute atomic E-state index is 0.0236. The molecule has 1 N–H and O–H groups in total. The molecule has 0 aliphatic rings. The van der Waals surface area contributed by atoms with Crippen LogP contribution in [0.1, 0.15) is 16.1 Å². The largest absolute Gasteiger partial charge is 0.493 e. The second kappa shape index (κ2) is 8.11. The molecule has 0 aliphatic carbocycles. The van der Waals surface area contributed by atoms with Crippen LogP contribution in [0.4, 0.5) is 11.4 Å². The molecule has 2 aromatic carbocycles. The highest BCUT2D eigenvalue weighted by Gasteiger charge is 2.27. The third kappa shape index (κ3) is 3.50. The van der Waals surface area contributed by atoms with Crippen LogP contribution in [0.5, 0.6) is 11.5 Å². The van der Waals surface area contributed by atoms with Gasteiger partial charge >= 0.3 is 0 Å². The molecule has 0 spiro atoms. The Labute approximate surface area is 171 Å². The molecule has 30 heavy (non-hydrogen) atoms. The number of hydrogen-bond donors (Lipinski definition) is 1. The summed E-state index contributed by atoms with van der Waals surface area (Å²) in [7, 11) is 4.37. The molecule has 0 radical (unpaired) electrons. The van der Waals surface area contributed by atoms with Gasteiger partial charge in [-0.25, -0.2) is 4.68 Å². The molecule has 0 aliphatic heterocycles. The Hall–Kier alpha value is -4.08. The molecule has 1 amide bonds. The monoisotopic (exact) mass is 412 g/mol. The van der Waals surface area contributed by atoms with Gasteiger partial charge in [0.2, 0.25) is 0 Å². The number of carbonyl (C=O) groups is 1. The molecule has 0 saturated heterocycles. The van der Waals surface area contributed by atoms with E-state index >= 15 is 0 Å². The van der Waals surface area contributed by atoms with Crippen LogP contribution in [-0.4, -0.2) is 34.4 Å². The lowest BCUT2D eigenvalue weighted by molar-refractivity contribution is -0.385. The highest BCUT2D eigenvalue weighted by Crippen LogP contribution is 2.34. The van der Waals surface area contributed by atoms with Crippen molar-refractivity contribution in [1.29, 1.82) is 0 Å². The highest BCUT2D eigenvalue weighted by molar-refractivity contribution is 6.07. The van der Waals surface area contributed by atoms with Crippen molar-refractivity contribution in [2.24, 2.45) is 7.05 Å². The van der Waals surface area contributed by atoms with Crippen LogP contribution in [-0.2, 0) is 7.05 Å². The molecule has 0 saturated carbocycles. The Kier molecular flexibility index (Phi) is 5.58. The standard InChI is InChI=1S/C20H20N4O6/c1-12-18(20(26)23(22(12)2)13-8-6-5-7-9-13)21-19(25)14-10-16(29-3)17(30-4)11-15(14)24(27)28/h5-11H,1-4H3,(H,21,25). The lowest BCUT2D eigenvalue weighted by atomic mass is 10.1. The number of para-hydroxylation sites is 1. The van der Waals surface area contributed by atoms with Crippen LogP contribution in [0.2, 0.25) is 0 Å². The van der Waals surface area contributed by atoms with Crippen molar-refractivity contribution in [2.75, 3.05) is 19.5 Å². The van der Waals surface area contributed by atoms with Crippen molar-refractivity contribution in [3.8, 4) is 17.2 Å². The molecule has 1 aromatic heterocycles. The van der Waals surface area contributed by atoms with Gasteiger partial charge in [0.15, 0.2) is 11.5 Å². The van der Waals surface area contributed by atoms with Gasteiger partial charge in [-0.05, 0) is 19.1 Å². The van der Waals surface area contributed by atoms with Crippen LogP contribution in [0, 0.1) is 17.0 Å². The van der Waals surface area contributed by atoms with Crippen molar-refractivity contribution >= 4 is 17.3 Å². The molecular formula is C20H20N4O6. The van der Waals surface area contributed by atoms with Gasteiger partial charge in [-0.2, -0.15) is 0 Å². The number of methoxy groups -OCH3 is 2. The number of ether oxygens (including phenoxy) is 2. The van der Waals surface area contributed by atoms with Gasteiger partial charge in [0.1, 0.15) is 11.3 Å². The van der Waals surface area contributed by atoms with Crippen molar-refractivity contribution < 1.29 is 19.2 Å². The minimum Gasteiger partial charge on any atom is -0.493 e. The van der Waals surface area contributed by atoms with Crippen LogP contribution >= 0.6 is 0 Å². The summed E-state index contributed by atoms with van der Waals surface area (Å²) < 4.78 is 13.2. The van der Waals surface area contributed by atoms with E-state index in [1.165, 1.54) is 25.0 Å². The normalized spacial score (nSPS) is 10.5. The van der Waals surface area contributed by atoms with Gasteiger partial charge in [-0.1, -0.05) is 18.2 Å². The number of amides is 1. The predicted octanol–water partition coefficient (Wildman–Crippen LogP) is 2.66. The van der Waals surface area contributed by atoms with Gasteiger partial charge in [0.05, 0.1) is 36.6 Å². The Morgan fingerprint density at radius 3 is 2.27 bits per heavy atom. The van der Waals surface area contributed by atoms with E-state index in [9.17, 15) is 19.7 Å². The lowest BCUT2D eigenvalue weighted by Gasteiger charge is -2.10. The number of anilines is 1. The first-order chi connectivity index (χ1) is 14.3. The van der Waals surface area contributed by atoms with E-state index < -0.39 is 22.1 Å². The zero-order chi connectivity index (χ0) is 22.0. The van der Waals surface area contributed by atoms with E-state index in [1.807, 2.05) is 6.07 Å². The SMILES string of the molecule is COc1cc(C(=O)Nc2c(C)n(C)n(-c3ccccc3)c2=O)c([N+](=O)[O-])cc1OC. The summed E-state index contributed by atoms with van der Waals surface area (Å²) in [6.45, 7) is 1.67. The Bertz CT molecular complexity index is 1180. The molecule has 3 aromatic rings. The van der Waals surface area contributed by atoms with Crippen molar-refractivity contribution in [3.05, 3.63) is 74.2 Å². The average Bonchev–Trinajstić information content (AvgIpc) is 2.96. The van der Waals surface area contributed by atoms with Gasteiger partial charge in [0, 0.05) is 13.1 Å². The van der Waals surface area contributed by atoms with E-state index in [1.54, 1.807) is 42.9 Å². The van der Waals surface area contributed by atoms with E-state index in [4.69, 9.17) is 9.47 Å². The molecule has 1 heterocycles. The second-order valence-corrected chi connectivity index (χ2v) is 6.37. The third-order valence-corrected chi connectivity index (χ3v) is 4.74. The summed E-state index contributed by atoms with van der Waals surface area (Å²) in [6.07, 6.45) is 0. The topological polar surface area (TPSA) is 118 Å². The maximum atomic E-state index is 13.0. The van der Waals surface area contributed by atoms with Crippen molar-refractivity contribution in [3.63, 3.8) is 0 Å². The van der Waals surface area contributed by atoms with Gasteiger partial charge in [0.25, 0.3) is 17.2 Å². The number of nitro benzene ring substituents is 1. The molecule has 0 atom stereocenters. The number of nitro groups is 1. The Balaban J connectivity index is 2.08. The van der Waals surface area contributed by atoms with Crippen molar-refractivity contribution in [1.82, 2.24) is 9.36 Å². The van der Waals surface area contributed by atoms with E-state index in [2.05, 4.69) is 5.32 Å². The van der Waals surface area contributed by atoms with E-state index in [-0.39, 0.29) is 22.7 Å². The molecular weight excluding hydrogens is 392 g/mol. The zero-order valence-corrected chi connectivity index (χ0v) is 16.8. The van der Waals surface area contributed by atoms with Crippen LogP contribution in [0.15, 0.2) is 47.3 Å². The number of benzene rings is 2. The Morgan fingerprint density at radius 1 is 1.10 bits per heavy atom. The van der Waals surface area contributed by atoms with Crippen LogP contribution < -0.4 is 20.3 Å². The van der Waals surface area contributed by atoms with Crippen LogP contribution in [0.25, 0.3) is 5.69 Å². The number of nitrogens with zero attached hydrogens (tertiary/aromatic N) is 3. The first kappa shape index (κ1) is 20.6. The highest BCUT2D eigenvalue weighted by atomic mass is 16.6. The molecule has 0 unspecified atom stereocenters. The molecule has 10 heteroatoms. The maximum absolute atomic E-state index is 13.0. The first-order valence-electron chi connectivity index (χ1n) is 8.86. The number of carbonyl (C=O) groups excluding carboxylic acids is 1. The van der Waals surface area contributed by atoms with Crippen LogP contribution in [0.3, 0.4) is 0 Å². The number of rotatable bonds is 6. The predicted molar refractivity (Wildman–Crippen MR) is 110 cm³/mol. The fourth-order valence-electron chi connectivity index (χ4n) is 3.09. The molecule has 3 rings (SSSR count). The smallest absolute Gasteiger partial charge is 0.295 e. The summed E-state index contributed by atoms with van der Waals surface area (Å²) in [5.41, 5.74) is -0.0622. The quantitative estimate of drug-likeness (QED) is 0.491. The molecule has 10 nitrogen and oxygen atoms in total. The minimum atomic E-state index is -0.811. The molecule has 156 valence electrons. The number of aromatic nitrogens is 2. The third-order valence-electron chi connectivity index (χ3n) is 4.74. The maximum Gasteiger partial charge on any atom is 0.295 e. The summed E-state index contributed by atoms with van der Waals surface area (Å²) in [5, 5.41) is 14.0.